The normalized spacial score (nSPS) is 10.5. The number of aryl methyl sites for hydroxylation is 3. The molecule has 1 aromatic heterocycles. The molecule has 3 aromatic rings. The summed E-state index contributed by atoms with van der Waals surface area (Å²) >= 11 is 0. The molecule has 2 aromatic carbocycles. The maximum Gasteiger partial charge on any atom is 0.274 e. The second kappa shape index (κ2) is 7.99. The van der Waals surface area contributed by atoms with Gasteiger partial charge in [0.05, 0.1) is 0 Å². The van der Waals surface area contributed by atoms with E-state index in [4.69, 9.17) is 0 Å². The summed E-state index contributed by atoms with van der Waals surface area (Å²) in [7, 11) is 0. The van der Waals surface area contributed by atoms with Crippen molar-refractivity contribution in [2.75, 3.05) is 10.6 Å². The number of carbonyl (C=O) groups is 1. The van der Waals surface area contributed by atoms with Crippen LogP contribution in [0.1, 0.15) is 38.6 Å². The average molecular weight is 360 g/mol. The van der Waals surface area contributed by atoms with Crippen molar-refractivity contribution < 1.29 is 4.79 Å². The minimum absolute atomic E-state index is 0.242. The number of hydrogen-bond acceptors (Lipinski definition) is 4. The number of nitrogens with zero attached hydrogens (tertiary/aromatic N) is 2. The summed E-state index contributed by atoms with van der Waals surface area (Å²) in [6.07, 6.45) is 0. The van der Waals surface area contributed by atoms with Gasteiger partial charge >= 0.3 is 0 Å². The zero-order valence-electron chi connectivity index (χ0n) is 16.1. The van der Waals surface area contributed by atoms with Gasteiger partial charge in [-0.1, -0.05) is 36.4 Å². The highest BCUT2D eigenvalue weighted by atomic mass is 16.1. The van der Waals surface area contributed by atoms with Gasteiger partial charge in [0, 0.05) is 18.3 Å². The van der Waals surface area contributed by atoms with Gasteiger partial charge in [-0.25, -0.2) is 9.97 Å². The van der Waals surface area contributed by atoms with E-state index in [1.807, 2.05) is 44.2 Å². The van der Waals surface area contributed by atoms with Crippen molar-refractivity contribution in [2.45, 2.75) is 34.2 Å². The highest BCUT2D eigenvalue weighted by Gasteiger charge is 2.12. The Hall–Kier alpha value is -3.21. The quantitative estimate of drug-likeness (QED) is 0.699. The fourth-order valence-corrected chi connectivity index (χ4v) is 2.84. The van der Waals surface area contributed by atoms with Gasteiger partial charge in [-0.15, -0.1) is 0 Å². The molecule has 1 heterocycles. The summed E-state index contributed by atoms with van der Waals surface area (Å²) in [5, 5.41) is 6.24. The predicted molar refractivity (Wildman–Crippen MR) is 109 cm³/mol. The van der Waals surface area contributed by atoms with Crippen LogP contribution >= 0.6 is 0 Å². The van der Waals surface area contributed by atoms with Crippen LogP contribution in [0.2, 0.25) is 0 Å². The van der Waals surface area contributed by atoms with Crippen LogP contribution < -0.4 is 10.6 Å². The molecule has 0 saturated carbocycles. The Labute approximate surface area is 159 Å². The van der Waals surface area contributed by atoms with Gasteiger partial charge in [-0.05, 0) is 56.0 Å². The van der Waals surface area contributed by atoms with E-state index in [0.717, 1.165) is 16.8 Å². The minimum Gasteiger partial charge on any atom is -0.366 e. The molecule has 0 spiro atoms. The lowest BCUT2D eigenvalue weighted by Crippen LogP contribution is -2.16. The SMILES string of the molecule is Cc1nc(NCc2ccccc2C)cc(C(=O)Nc2cccc(C)c2C)n1. The Bertz CT molecular complexity index is 982. The van der Waals surface area contributed by atoms with Gasteiger partial charge in [0.2, 0.25) is 0 Å². The van der Waals surface area contributed by atoms with Gasteiger partial charge in [-0.2, -0.15) is 0 Å². The van der Waals surface area contributed by atoms with Crippen LogP contribution in [0.3, 0.4) is 0 Å². The molecule has 0 aliphatic carbocycles. The van der Waals surface area contributed by atoms with Gasteiger partial charge < -0.3 is 10.6 Å². The van der Waals surface area contributed by atoms with Gasteiger partial charge in [0.15, 0.2) is 0 Å². The highest BCUT2D eigenvalue weighted by molar-refractivity contribution is 6.03. The Kier molecular flexibility index (Phi) is 5.50. The van der Waals surface area contributed by atoms with Crippen LogP contribution in [-0.4, -0.2) is 15.9 Å². The van der Waals surface area contributed by atoms with Crippen molar-refractivity contribution in [2.24, 2.45) is 0 Å². The van der Waals surface area contributed by atoms with E-state index >= 15 is 0 Å². The fraction of sp³-hybridized carbons (Fsp3) is 0.227. The summed E-state index contributed by atoms with van der Waals surface area (Å²) in [6.45, 7) is 8.51. The van der Waals surface area contributed by atoms with E-state index < -0.39 is 0 Å². The van der Waals surface area contributed by atoms with Crippen molar-refractivity contribution in [3.63, 3.8) is 0 Å². The second-order valence-electron chi connectivity index (χ2n) is 6.67. The molecule has 2 N–H and O–H groups in total. The molecule has 0 aliphatic rings. The third-order valence-electron chi connectivity index (χ3n) is 4.64. The van der Waals surface area contributed by atoms with E-state index in [1.54, 1.807) is 13.0 Å². The fourth-order valence-electron chi connectivity index (χ4n) is 2.84. The lowest BCUT2D eigenvalue weighted by Gasteiger charge is -2.12. The van der Waals surface area contributed by atoms with Crippen molar-refractivity contribution >= 4 is 17.4 Å². The lowest BCUT2D eigenvalue weighted by atomic mass is 10.1. The van der Waals surface area contributed by atoms with Gasteiger partial charge in [-0.3, -0.25) is 4.79 Å². The number of rotatable bonds is 5. The van der Waals surface area contributed by atoms with Crippen molar-refractivity contribution in [3.05, 3.63) is 82.3 Å². The summed E-state index contributed by atoms with van der Waals surface area (Å²) in [5.41, 5.74) is 5.72. The lowest BCUT2D eigenvalue weighted by molar-refractivity contribution is 0.102. The molecule has 27 heavy (non-hydrogen) atoms. The van der Waals surface area contributed by atoms with Crippen LogP contribution in [0.4, 0.5) is 11.5 Å². The zero-order chi connectivity index (χ0) is 19.4. The molecular formula is C22H24N4O. The summed E-state index contributed by atoms with van der Waals surface area (Å²) in [5.74, 6) is 0.945. The number of aromatic nitrogens is 2. The molecule has 0 bridgehead atoms. The first-order chi connectivity index (χ1) is 12.9. The number of nitrogens with one attached hydrogen (secondary N) is 2. The first-order valence-electron chi connectivity index (χ1n) is 8.95. The Morgan fingerprint density at radius 1 is 0.926 bits per heavy atom. The van der Waals surface area contributed by atoms with Crippen molar-refractivity contribution in [1.82, 2.24) is 9.97 Å². The molecule has 3 rings (SSSR count). The van der Waals surface area contributed by atoms with Crippen LogP contribution in [0, 0.1) is 27.7 Å². The topological polar surface area (TPSA) is 66.9 Å². The molecule has 5 nitrogen and oxygen atoms in total. The van der Waals surface area contributed by atoms with Crippen LogP contribution in [0.5, 0.6) is 0 Å². The Balaban J connectivity index is 1.77. The number of benzene rings is 2. The van der Waals surface area contributed by atoms with Crippen LogP contribution in [-0.2, 0) is 6.54 Å². The first-order valence-corrected chi connectivity index (χ1v) is 8.95. The molecule has 138 valence electrons. The zero-order valence-corrected chi connectivity index (χ0v) is 16.1. The molecule has 0 fully saturated rings. The predicted octanol–water partition coefficient (Wildman–Crippen LogP) is 4.57. The third-order valence-corrected chi connectivity index (χ3v) is 4.64. The number of amides is 1. The largest absolute Gasteiger partial charge is 0.366 e. The minimum atomic E-state index is -0.242. The Morgan fingerprint density at radius 3 is 2.44 bits per heavy atom. The first kappa shape index (κ1) is 18.6. The number of carbonyl (C=O) groups excluding carboxylic acids is 1. The molecule has 0 unspecified atom stereocenters. The van der Waals surface area contributed by atoms with Crippen LogP contribution in [0.25, 0.3) is 0 Å². The standard InChI is InChI=1S/C22H24N4O/c1-14-9-7-11-19(16(14)3)26-22(27)20-12-21(25-17(4)24-20)23-13-18-10-6-5-8-15(18)2/h5-12H,13H2,1-4H3,(H,26,27)(H,23,24,25). The van der Waals surface area contributed by atoms with E-state index in [2.05, 4.69) is 39.7 Å². The van der Waals surface area contributed by atoms with Gasteiger partial charge in [0.1, 0.15) is 17.3 Å². The average Bonchev–Trinajstić information content (AvgIpc) is 2.64. The Morgan fingerprint density at radius 2 is 1.67 bits per heavy atom. The molecule has 0 radical (unpaired) electrons. The van der Waals surface area contributed by atoms with E-state index in [-0.39, 0.29) is 5.91 Å². The number of hydrogen-bond donors (Lipinski definition) is 2. The van der Waals surface area contributed by atoms with E-state index in [9.17, 15) is 4.79 Å². The molecule has 0 atom stereocenters. The molecule has 0 saturated heterocycles. The summed E-state index contributed by atoms with van der Waals surface area (Å²) < 4.78 is 0. The van der Waals surface area contributed by atoms with E-state index in [1.165, 1.54) is 11.1 Å². The maximum absolute atomic E-state index is 12.7. The molecule has 5 heteroatoms. The van der Waals surface area contributed by atoms with Crippen molar-refractivity contribution in [3.8, 4) is 0 Å². The number of anilines is 2. The van der Waals surface area contributed by atoms with E-state index in [0.29, 0.717) is 23.9 Å². The molecular weight excluding hydrogens is 336 g/mol. The maximum atomic E-state index is 12.7. The monoisotopic (exact) mass is 360 g/mol. The second-order valence-corrected chi connectivity index (χ2v) is 6.67. The van der Waals surface area contributed by atoms with Gasteiger partial charge in [0.25, 0.3) is 5.91 Å². The van der Waals surface area contributed by atoms with Crippen molar-refractivity contribution in [1.29, 1.82) is 0 Å². The smallest absolute Gasteiger partial charge is 0.274 e. The van der Waals surface area contributed by atoms with Crippen LogP contribution in [0.15, 0.2) is 48.5 Å². The summed E-state index contributed by atoms with van der Waals surface area (Å²) in [4.78, 5) is 21.4. The molecule has 1 amide bonds. The molecule has 0 aliphatic heterocycles. The third kappa shape index (κ3) is 4.50. The summed E-state index contributed by atoms with van der Waals surface area (Å²) in [6, 6.07) is 15.7. The highest BCUT2D eigenvalue weighted by Crippen LogP contribution is 2.19.